The fourth-order valence-electron chi connectivity index (χ4n) is 2.03. The van der Waals surface area contributed by atoms with Crippen LogP contribution in [0.5, 0.6) is 0 Å². The standard InChI is InChI=1S/C12H16O3S/c1-14-12(4-6-15-7-5-12)11(13)9-10-3-2-8-16-10/h2-3,8H,4-7,9H2,1H3. The van der Waals surface area contributed by atoms with Crippen LogP contribution in [0.3, 0.4) is 0 Å². The number of hydrogen-bond donors (Lipinski definition) is 0. The third-order valence-corrected chi connectivity index (χ3v) is 3.99. The van der Waals surface area contributed by atoms with Gasteiger partial charge in [0.15, 0.2) is 5.78 Å². The first-order valence-corrected chi connectivity index (χ1v) is 6.33. The number of ether oxygens (including phenoxy) is 2. The molecule has 3 nitrogen and oxygen atoms in total. The first-order valence-electron chi connectivity index (χ1n) is 5.45. The Morgan fingerprint density at radius 3 is 2.88 bits per heavy atom. The average molecular weight is 240 g/mol. The van der Waals surface area contributed by atoms with E-state index in [2.05, 4.69) is 0 Å². The quantitative estimate of drug-likeness (QED) is 0.808. The molecule has 2 rings (SSSR count). The minimum atomic E-state index is -0.609. The van der Waals surface area contributed by atoms with E-state index >= 15 is 0 Å². The summed E-state index contributed by atoms with van der Waals surface area (Å²) < 4.78 is 10.7. The summed E-state index contributed by atoms with van der Waals surface area (Å²) in [6, 6.07) is 3.96. The molecular weight excluding hydrogens is 224 g/mol. The van der Waals surface area contributed by atoms with Gasteiger partial charge >= 0.3 is 0 Å². The molecule has 1 aromatic rings. The van der Waals surface area contributed by atoms with Gasteiger partial charge in [-0.1, -0.05) is 6.07 Å². The van der Waals surface area contributed by atoms with Crippen molar-refractivity contribution < 1.29 is 14.3 Å². The Balaban J connectivity index is 2.06. The van der Waals surface area contributed by atoms with Gasteiger partial charge in [-0.2, -0.15) is 0 Å². The van der Waals surface area contributed by atoms with Gasteiger partial charge in [0.1, 0.15) is 5.60 Å². The second-order valence-electron chi connectivity index (χ2n) is 3.99. The van der Waals surface area contributed by atoms with E-state index in [1.807, 2.05) is 17.5 Å². The monoisotopic (exact) mass is 240 g/mol. The van der Waals surface area contributed by atoms with Gasteiger partial charge in [0.25, 0.3) is 0 Å². The Kier molecular flexibility index (Phi) is 3.74. The van der Waals surface area contributed by atoms with Crippen molar-refractivity contribution in [3.63, 3.8) is 0 Å². The topological polar surface area (TPSA) is 35.5 Å². The second kappa shape index (κ2) is 5.08. The molecule has 2 heterocycles. The van der Waals surface area contributed by atoms with E-state index < -0.39 is 5.60 Å². The summed E-state index contributed by atoms with van der Waals surface area (Å²) in [5.41, 5.74) is -0.609. The number of rotatable bonds is 4. The van der Waals surface area contributed by atoms with E-state index in [-0.39, 0.29) is 5.78 Å². The summed E-state index contributed by atoms with van der Waals surface area (Å²) in [4.78, 5) is 13.3. The van der Waals surface area contributed by atoms with Crippen LogP contribution in [0.1, 0.15) is 17.7 Å². The molecule has 0 aliphatic carbocycles. The van der Waals surface area contributed by atoms with Crippen LogP contribution in [-0.4, -0.2) is 31.7 Å². The summed E-state index contributed by atoms with van der Waals surface area (Å²) in [6.45, 7) is 1.23. The number of ketones is 1. The molecule has 0 amide bonds. The molecule has 0 bridgehead atoms. The van der Waals surface area contributed by atoms with Crippen LogP contribution < -0.4 is 0 Å². The van der Waals surface area contributed by atoms with Crippen LogP contribution in [-0.2, 0) is 20.7 Å². The largest absolute Gasteiger partial charge is 0.381 e. The smallest absolute Gasteiger partial charge is 0.169 e. The van der Waals surface area contributed by atoms with E-state index in [0.29, 0.717) is 32.5 Å². The third kappa shape index (κ3) is 2.34. The van der Waals surface area contributed by atoms with Crippen molar-refractivity contribution in [3.05, 3.63) is 22.4 Å². The minimum absolute atomic E-state index is 0.181. The van der Waals surface area contributed by atoms with Crippen LogP contribution in [0.4, 0.5) is 0 Å². The average Bonchev–Trinajstić information content (AvgIpc) is 2.82. The third-order valence-electron chi connectivity index (χ3n) is 3.11. The number of carbonyl (C=O) groups is 1. The highest BCUT2D eigenvalue weighted by Crippen LogP contribution is 2.27. The van der Waals surface area contributed by atoms with E-state index in [9.17, 15) is 4.79 Å². The van der Waals surface area contributed by atoms with Gasteiger partial charge in [-0.25, -0.2) is 0 Å². The molecule has 16 heavy (non-hydrogen) atoms. The predicted octanol–water partition coefficient (Wildman–Crippen LogP) is 2.06. The highest BCUT2D eigenvalue weighted by Gasteiger charge is 2.39. The molecule has 1 aliphatic heterocycles. The van der Waals surface area contributed by atoms with Crippen molar-refractivity contribution in [2.75, 3.05) is 20.3 Å². The summed E-state index contributed by atoms with van der Waals surface area (Å²) in [7, 11) is 1.62. The first-order chi connectivity index (χ1) is 7.77. The second-order valence-corrected chi connectivity index (χ2v) is 5.02. The van der Waals surface area contributed by atoms with Crippen molar-refractivity contribution in [2.24, 2.45) is 0 Å². The molecule has 0 saturated carbocycles. The van der Waals surface area contributed by atoms with Crippen LogP contribution in [0.25, 0.3) is 0 Å². The van der Waals surface area contributed by atoms with Crippen molar-refractivity contribution in [1.29, 1.82) is 0 Å². The Hall–Kier alpha value is -0.710. The lowest BCUT2D eigenvalue weighted by molar-refractivity contribution is -0.151. The highest BCUT2D eigenvalue weighted by molar-refractivity contribution is 7.10. The summed E-state index contributed by atoms with van der Waals surface area (Å²) in [5, 5.41) is 1.99. The molecule has 1 saturated heterocycles. The summed E-state index contributed by atoms with van der Waals surface area (Å²) in [5.74, 6) is 0.181. The Morgan fingerprint density at radius 2 is 2.31 bits per heavy atom. The Labute approximate surface area is 99.4 Å². The zero-order valence-electron chi connectivity index (χ0n) is 9.40. The minimum Gasteiger partial charge on any atom is -0.381 e. The molecule has 1 aromatic heterocycles. The normalized spacial score (nSPS) is 19.6. The first kappa shape index (κ1) is 11.8. The molecule has 0 radical (unpaired) electrons. The zero-order chi connectivity index (χ0) is 11.4. The lowest BCUT2D eigenvalue weighted by Gasteiger charge is -2.34. The van der Waals surface area contributed by atoms with Gasteiger partial charge in [0.05, 0.1) is 0 Å². The summed E-state index contributed by atoms with van der Waals surface area (Å²) in [6.07, 6.45) is 1.83. The number of hydrogen-bond acceptors (Lipinski definition) is 4. The zero-order valence-corrected chi connectivity index (χ0v) is 10.2. The lowest BCUT2D eigenvalue weighted by atomic mass is 9.87. The lowest BCUT2D eigenvalue weighted by Crippen LogP contribution is -2.46. The van der Waals surface area contributed by atoms with Crippen molar-refractivity contribution in [1.82, 2.24) is 0 Å². The highest BCUT2D eigenvalue weighted by atomic mass is 32.1. The maximum atomic E-state index is 12.2. The van der Waals surface area contributed by atoms with Crippen LogP contribution in [0.15, 0.2) is 17.5 Å². The van der Waals surface area contributed by atoms with Crippen molar-refractivity contribution in [2.45, 2.75) is 24.9 Å². The van der Waals surface area contributed by atoms with Gasteiger partial charge < -0.3 is 9.47 Å². The molecule has 0 atom stereocenters. The molecule has 0 spiro atoms. The number of Topliss-reactive ketones (excluding diaryl/α,β-unsaturated/α-hetero) is 1. The molecule has 0 aromatic carbocycles. The van der Waals surface area contributed by atoms with E-state index in [4.69, 9.17) is 9.47 Å². The molecule has 0 N–H and O–H groups in total. The maximum absolute atomic E-state index is 12.2. The van der Waals surface area contributed by atoms with Gasteiger partial charge in [-0.15, -0.1) is 11.3 Å². The van der Waals surface area contributed by atoms with Crippen LogP contribution >= 0.6 is 11.3 Å². The van der Waals surface area contributed by atoms with E-state index in [1.165, 1.54) is 0 Å². The van der Waals surface area contributed by atoms with E-state index in [1.54, 1.807) is 18.4 Å². The van der Waals surface area contributed by atoms with Gasteiger partial charge in [0.2, 0.25) is 0 Å². The molecule has 0 unspecified atom stereocenters. The van der Waals surface area contributed by atoms with Crippen molar-refractivity contribution in [3.8, 4) is 0 Å². The Bertz CT molecular complexity index is 339. The van der Waals surface area contributed by atoms with Gasteiger partial charge in [-0.3, -0.25) is 4.79 Å². The molecule has 4 heteroatoms. The summed E-state index contributed by atoms with van der Waals surface area (Å²) >= 11 is 1.62. The predicted molar refractivity (Wildman–Crippen MR) is 62.8 cm³/mol. The number of methoxy groups -OCH3 is 1. The molecular formula is C12H16O3S. The van der Waals surface area contributed by atoms with Crippen LogP contribution in [0.2, 0.25) is 0 Å². The van der Waals surface area contributed by atoms with Gasteiger partial charge in [0, 0.05) is 44.5 Å². The van der Waals surface area contributed by atoms with Gasteiger partial charge in [-0.05, 0) is 11.4 Å². The molecule has 1 fully saturated rings. The number of thiophene rings is 1. The molecule has 88 valence electrons. The fourth-order valence-corrected chi connectivity index (χ4v) is 2.73. The maximum Gasteiger partial charge on any atom is 0.169 e. The Morgan fingerprint density at radius 1 is 1.56 bits per heavy atom. The fraction of sp³-hybridized carbons (Fsp3) is 0.583. The van der Waals surface area contributed by atoms with Crippen LogP contribution in [0, 0.1) is 0 Å². The van der Waals surface area contributed by atoms with Crippen molar-refractivity contribution >= 4 is 17.1 Å². The van der Waals surface area contributed by atoms with E-state index in [0.717, 1.165) is 4.88 Å². The molecule has 1 aliphatic rings. The number of carbonyl (C=O) groups excluding carboxylic acids is 1. The SMILES string of the molecule is COC1(C(=O)Cc2cccs2)CCOCC1.